The van der Waals surface area contributed by atoms with Crippen molar-refractivity contribution in [1.82, 2.24) is 9.97 Å². The van der Waals surface area contributed by atoms with E-state index in [4.69, 9.17) is 5.73 Å². The van der Waals surface area contributed by atoms with Gasteiger partial charge in [-0.25, -0.2) is 4.98 Å². The van der Waals surface area contributed by atoms with Gasteiger partial charge in [-0.2, -0.15) is 3.89 Å². The first-order chi connectivity index (χ1) is 13.8. The number of hydrogen-bond donors (Lipinski definition) is 1. The van der Waals surface area contributed by atoms with E-state index in [-0.39, 0.29) is 12.1 Å². The Labute approximate surface area is 168 Å². The van der Waals surface area contributed by atoms with E-state index in [9.17, 15) is 3.89 Å². The summed E-state index contributed by atoms with van der Waals surface area (Å²) in [6, 6.07) is 20.4. The molecule has 0 aliphatic rings. The van der Waals surface area contributed by atoms with Gasteiger partial charge in [0.1, 0.15) is 0 Å². The number of rotatable bonds is 6. The van der Waals surface area contributed by atoms with Crippen LogP contribution in [0.2, 0.25) is 0 Å². The van der Waals surface area contributed by atoms with Crippen LogP contribution >= 0.6 is 12.1 Å². The predicted molar refractivity (Wildman–Crippen MR) is 115 cm³/mol. The van der Waals surface area contributed by atoms with E-state index in [1.54, 1.807) is 24.5 Å². The lowest BCUT2D eigenvalue weighted by atomic mass is 10.00. The summed E-state index contributed by atoms with van der Waals surface area (Å²) in [6.45, 7) is 0.713. The van der Waals surface area contributed by atoms with Crippen LogP contribution in [-0.4, -0.2) is 16.5 Å². The third kappa shape index (κ3) is 3.91. The molecule has 0 bridgehead atoms. The summed E-state index contributed by atoms with van der Waals surface area (Å²) in [5.41, 5.74) is 11.6. The first kappa shape index (κ1) is 18.6. The number of fused-ring (bicyclic) bond motifs is 1. The number of nitrogens with zero attached hydrogens (tertiary/aromatic N) is 2. The highest BCUT2D eigenvalue weighted by molar-refractivity contribution is 7.94. The minimum Gasteiger partial charge on any atom is -0.330 e. The average Bonchev–Trinajstić information content (AvgIpc) is 2.77. The molecule has 0 aliphatic carbocycles. The Morgan fingerprint density at radius 2 is 1.57 bits per heavy atom. The summed E-state index contributed by atoms with van der Waals surface area (Å²) in [6.07, 6.45) is 5.33. The number of halogens is 1. The molecular weight excluding hydrogens is 369 g/mol. The summed E-state index contributed by atoms with van der Waals surface area (Å²) >= 11 is 0.226. The highest BCUT2D eigenvalue weighted by Gasteiger charge is 2.09. The standard InChI is InChI=1S/C23H20FN3S/c24-28-23-14-22(27-21-11-13-26-15-20(21)23)19-9-7-18(8-10-19)17-5-3-16(4-6-17)2-1-12-25/h3-11,13-15H,1-2,12,25H2. The van der Waals surface area contributed by atoms with E-state index in [0.29, 0.717) is 11.4 Å². The maximum Gasteiger partial charge on any atom is 0.0820 e. The maximum absolute atomic E-state index is 13.4. The van der Waals surface area contributed by atoms with E-state index in [2.05, 4.69) is 46.4 Å². The Kier molecular flexibility index (Phi) is 5.65. The smallest absolute Gasteiger partial charge is 0.0820 e. The molecular formula is C23H20FN3S. The Balaban J connectivity index is 1.62. The van der Waals surface area contributed by atoms with E-state index in [1.165, 1.54) is 11.1 Å². The van der Waals surface area contributed by atoms with Gasteiger partial charge < -0.3 is 5.73 Å². The van der Waals surface area contributed by atoms with Gasteiger partial charge in [0.05, 0.1) is 28.3 Å². The predicted octanol–water partition coefficient (Wildman–Crippen LogP) is 5.83. The molecule has 0 radical (unpaired) electrons. The molecule has 0 aliphatic heterocycles. The van der Waals surface area contributed by atoms with Gasteiger partial charge in [-0.15, -0.1) is 0 Å². The number of nitrogens with two attached hydrogens (primary N) is 1. The van der Waals surface area contributed by atoms with Crippen LogP contribution in [0.25, 0.3) is 33.3 Å². The summed E-state index contributed by atoms with van der Waals surface area (Å²) < 4.78 is 13.4. The van der Waals surface area contributed by atoms with Gasteiger partial charge in [0.15, 0.2) is 0 Å². The minimum atomic E-state index is 0.226. The molecule has 2 aromatic heterocycles. The van der Waals surface area contributed by atoms with Crippen molar-refractivity contribution in [3.05, 3.63) is 78.6 Å². The third-order valence-electron chi connectivity index (χ3n) is 4.79. The minimum absolute atomic E-state index is 0.226. The van der Waals surface area contributed by atoms with E-state index >= 15 is 0 Å². The molecule has 0 spiro atoms. The second-order valence-corrected chi connectivity index (χ2v) is 7.24. The van der Waals surface area contributed by atoms with Gasteiger partial charge in [-0.3, -0.25) is 4.98 Å². The number of aromatic nitrogens is 2. The van der Waals surface area contributed by atoms with Crippen LogP contribution in [0.5, 0.6) is 0 Å². The van der Waals surface area contributed by atoms with Crippen LogP contribution in [0.3, 0.4) is 0 Å². The molecule has 0 fully saturated rings. The Hall–Kier alpha value is -2.76. The van der Waals surface area contributed by atoms with Gasteiger partial charge in [0, 0.05) is 23.3 Å². The summed E-state index contributed by atoms with van der Waals surface area (Å²) in [5, 5.41) is 0.727. The zero-order valence-corrected chi connectivity index (χ0v) is 16.1. The van der Waals surface area contributed by atoms with Crippen LogP contribution in [0, 0.1) is 0 Å². The fraction of sp³-hybridized carbons (Fsp3) is 0.130. The number of pyridine rings is 2. The van der Waals surface area contributed by atoms with Crippen molar-refractivity contribution in [2.45, 2.75) is 17.7 Å². The van der Waals surface area contributed by atoms with Crippen LogP contribution in [-0.2, 0) is 6.42 Å². The lowest BCUT2D eigenvalue weighted by Gasteiger charge is -2.08. The molecule has 2 heterocycles. The Bertz CT molecular complexity index is 1080. The average molecular weight is 389 g/mol. The van der Waals surface area contributed by atoms with Crippen molar-refractivity contribution in [2.75, 3.05) is 6.54 Å². The fourth-order valence-electron chi connectivity index (χ4n) is 3.25. The lowest BCUT2D eigenvalue weighted by Crippen LogP contribution is -2.00. The molecule has 0 atom stereocenters. The molecule has 3 nitrogen and oxygen atoms in total. The number of benzene rings is 2. The van der Waals surface area contributed by atoms with Crippen molar-refractivity contribution in [2.24, 2.45) is 5.73 Å². The first-order valence-electron chi connectivity index (χ1n) is 9.21. The second-order valence-electron chi connectivity index (χ2n) is 6.64. The van der Waals surface area contributed by atoms with Gasteiger partial charge >= 0.3 is 0 Å². The van der Waals surface area contributed by atoms with E-state index < -0.39 is 0 Å². The monoisotopic (exact) mass is 389 g/mol. The van der Waals surface area contributed by atoms with Crippen molar-refractivity contribution in [3.63, 3.8) is 0 Å². The van der Waals surface area contributed by atoms with Crippen LogP contribution in [0.4, 0.5) is 3.89 Å². The van der Waals surface area contributed by atoms with Gasteiger partial charge in [0.25, 0.3) is 0 Å². The molecule has 4 aromatic rings. The summed E-state index contributed by atoms with van der Waals surface area (Å²) in [4.78, 5) is 9.26. The zero-order valence-electron chi connectivity index (χ0n) is 15.3. The highest BCUT2D eigenvalue weighted by Crippen LogP contribution is 2.32. The molecule has 2 aromatic carbocycles. The molecule has 0 amide bonds. The van der Waals surface area contributed by atoms with Crippen LogP contribution in [0.1, 0.15) is 12.0 Å². The molecule has 28 heavy (non-hydrogen) atoms. The molecule has 0 saturated carbocycles. The molecule has 5 heteroatoms. The summed E-state index contributed by atoms with van der Waals surface area (Å²) in [5.74, 6) is 0. The number of aryl methyl sites for hydroxylation is 1. The molecule has 140 valence electrons. The Morgan fingerprint density at radius 1 is 0.893 bits per heavy atom. The Morgan fingerprint density at radius 3 is 2.25 bits per heavy atom. The zero-order chi connectivity index (χ0) is 19.3. The quantitative estimate of drug-likeness (QED) is 0.451. The SMILES string of the molecule is NCCCc1ccc(-c2ccc(-c3cc(SF)c4cnccc4n3)cc2)cc1. The lowest BCUT2D eigenvalue weighted by molar-refractivity contribution is 0.833. The number of hydrogen-bond acceptors (Lipinski definition) is 4. The highest BCUT2D eigenvalue weighted by atomic mass is 32.2. The fourth-order valence-corrected chi connectivity index (χ4v) is 3.65. The first-order valence-corrected chi connectivity index (χ1v) is 9.93. The second kappa shape index (κ2) is 8.50. The maximum atomic E-state index is 13.4. The normalized spacial score (nSPS) is 11.1. The van der Waals surface area contributed by atoms with E-state index in [1.807, 2.05) is 12.1 Å². The van der Waals surface area contributed by atoms with Gasteiger partial charge in [-0.05, 0) is 48.2 Å². The van der Waals surface area contributed by atoms with Crippen LogP contribution < -0.4 is 5.73 Å². The third-order valence-corrected chi connectivity index (χ3v) is 5.30. The van der Waals surface area contributed by atoms with Crippen molar-refractivity contribution in [1.29, 1.82) is 0 Å². The molecule has 0 saturated heterocycles. The van der Waals surface area contributed by atoms with Gasteiger partial charge in [-0.1, -0.05) is 48.5 Å². The topological polar surface area (TPSA) is 51.8 Å². The van der Waals surface area contributed by atoms with Crippen molar-refractivity contribution in [3.8, 4) is 22.4 Å². The molecule has 2 N–H and O–H groups in total. The van der Waals surface area contributed by atoms with Crippen molar-refractivity contribution < 1.29 is 3.89 Å². The molecule has 0 unspecified atom stereocenters. The van der Waals surface area contributed by atoms with Crippen molar-refractivity contribution >= 4 is 23.1 Å². The molecule has 4 rings (SSSR count). The summed E-state index contributed by atoms with van der Waals surface area (Å²) in [7, 11) is 0. The largest absolute Gasteiger partial charge is 0.330 e. The van der Waals surface area contributed by atoms with Gasteiger partial charge in [0.2, 0.25) is 0 Å². The van der Waals surface area contributed by atoms with Crippen LogP contribution in [0.15, 0.2) is 78.0 Å². The van der Waals surface area contributed by atoms with E-state index in [0.717, 1.165) is 40.6 Å².